The predicted molar refractivity (Wildman–Crippen MR) is 114 cm³/mol. The molecule has 0 bridgehead atoms. The molecule has 0 N–H and O–H groups in total. The van der Waals surface area contributed by atoms with Gasteiger partial charge in [-0.15, -0.1) is 0 Å². The molecule has 4 rings (SSSR count). The van der Waals surface area contributed by atoms with E-state index in [1.54, 1.807) is 0 Å². The zero-order valence-corrected chi connectivity index (χ0v) is 16.5. The largest absolute Gasteiger partial charge is 0.256 e. The van der Waals surface area contributed by atoms with Crippen LogP contribution in [0.1, 0.15) is 50.4 Å². The van der Waals surface area contributed by atoms with E-state index in [2.05, 4.69) is 87.3 Å². The fourth-order valence-electron chi connectivity index (χ4n) is 3.54. The summed E-state index contributed by atoms with van der Waals surface area (Å²) in [6.45, 7) is 8.99. The van der Waals surface area contributed by atoms with Crippen molar-refractivity contribution in [2.24, 2.45) is 0 Å². The average molecular weight is 354 g/mol. The summed E-state index contributed by atoms with van der Waals surface area (Å²) >= 11 is 0. The van der Waals surface area contributed by atoms with Gasteiger partial charge in [-0.1, -0.05) is 58.0 Å². The van der Waals surface area contributed by atoms with Crippen molar-refractivity contribution >= 4 is 21.8 Å². The minimum absolute atomic E-state index is 0.157. The van der Waals surface area contributed by atoms with E-state index >= 15 is 0 Å². The van der Waals surface area contributed by atoms with Crippen molar-refractivity contribution in [1.29, 1.82) is 0 Å². The Kier molecular flexibility index (Phi) is 4.43. The van der Waals surface area contributed by atoms with E-state index < -0.39 is 0 Å². The molecule has 1 unspecified atom stereocenters. The maximum atomic E-state index is 4.91. The van der Waals surface area contributed by atoms with Crippen LogP contribution < -0.4 is 0 Å². The fourth-order valence-corrected chi connectivity index (χ4v) is 3.54. The molecule has 0 saturated carbocycles. The van der Waals surface area contributed by atoms with Crippen LogP contribution in [0.3, 0.4) is 0 Å². The first kappa shape index (κ1) is 17.7. The Morgan fingerprint density at radius 3 is 2.44 bits per heavy atom. The van der Waals surface area contributed by atoms with Gasteiger partial charge in [0.25, 0.3) is 0 Å². The summed E-state index contributed by atoms with van der Waals surface area (Å²) in [5.74, 6) is 0.376. The van der Waals surface area contributed by atoms with Crippen LogP contribution in [0.5, 0.6) is 0 Å². The normalized spacial score (nSPS) is 13.2. The Morgan fingerprint density at radius 1 is 0.852 bits per heavy atom. The highest BCUT2D eigenvalue weighted by molar-refractivity contribution is 5.80. The first-order valence-electron chi connectivity index (χ1n) is 9.65. The molecule has 1 atom stereocenters. The lowest BCUT2D eigenvalue weighted by molar-refractivity contribution is 0.591. The van der Waals surface area contributed by atoms with Crippen LogP contribution in [0.4, 0.5) is 0 Å². The van der Waals surface area contributed by atoms with E-state index in [1.807, 2.05) is 12.3 Å². The van der Waals surface area contributed by atoms with Crippen LogP contribution >= 0.6 is 0 Å². The molecule has 0 fully saturated rings. The number of nitrogens with zero attached hydrogens (tertiary/aromatic N) is 2. The molecule has 2 aromatic heterocycles. The first-order valence-corrected chi connectivity index (χ1v) is 9.65. The summed E-state index contributed by atoms with van der Waals surface area (Å²) in [5, 5.41) is 2.41. The predicted octanol–water partition coefficient (Wildman–Crippen LogP) is 6.43. The van der Waals surface area contributed by atoms with Crippen LogP contribution in [-0.4, -0.2) is 9.97 Å². The molecule has 0 aliphatic heterocycles. The number of aromatic nitrogens is 2. The molecular weight excluding hydrogens is 328 g/mol. The zero-order valence-electron chi connectivity index (χ0n) is 16.5. The van der Waals surface area contributed by atoms with Crippen LogP contribution in [0.15, 0.2) is 66.9 Å². The smallest absolute Gasteiger partial charge is 0.0705 e. The van der Waals surface area contributed by atoms with E-state index in [0.717, 1.165) is 23.1 Å². The van der Waals surface area contributed by atoms with Crippen molar-refractivity contribution in [1.82, 2.24) is 9.97 Å². The van der Waals surface area contributed by atoms with E-state index in [0.29, 0.717) is 5.92 Å². The van der Waals surface area contributed by atoms with Gasteiger partial charge in [-0.3, -0.25) is 9.97 Å². The molecule has 0 aliphatic rings. The molecule has 2 nitrogen and oxygen atoms in total. The second kappa shape index (κ2) is 6.77. The van der Waals surface area contributed by atoms with Crippen LogP contribution in [0.2, 0.25) is 0 Å². The standard InChI is InChI=1S/C25H26N2/c1-17(20-14-18-7-5-6-8-23(18)26-16-20)13-22-11-9-19-15-21(25(2,3)4)10-12-24(19)27-22/h5-12,14-17H,13H2,1-4H3. The lowest BCUT2D eigenvalue weighted by atomic mass is 9.86. The van der Waals surface area contributed by atoms with Gasteiger partial charge < -0.3 is 0 Å². The Labute approximate surface area is 161 Å². The Bertz CT molecular complexity index is 1110. The molecule has 0 spiro atoms. The molecule has 2 heteroatoms. The number of rotatable bonds is 3. The Balaban J connectivity index is 1.60. The van der Waals surface area contributed by atoms with Gasteiger partial charge in [0.2, 0.25) is 0 Å². The molecule has 27 heavy (non-hydrogen) atoms. The minimum Gasteiger partial charge on any atom is -0.256 e. The van der Waals surface area contributed by atoms with E-state index in [1.165, 1.54) is 21.9 Å². The highest BCUT2D eigenvalue weighted by atomic mass is 14.7. The minimum atomic E-state index is 0.157. The van der Waals surface area contributed by atoms with Crippen molar-refractivity contribution < 1.29 is 0 Å². The third-order valence-corrected chi connectivity index (χ3v) is 5.31. The van der Waals surface area contributed by atoms with Gasteiger partial charge in [-0.25, -0.2) is 0 Å². The van der Waals surface area contributed by atoms with Crippen molar-refractivity contribution in [3.63, 3.8) is 0 Å². The monoisotopic (exact) mass is 354 g/mol. The number of benzene rings is 2. The summed E-state index contributed by atoms with van der Waals surface area (Å²) in [4.78, 5) is 9.51. The summed E-state index contributed by atoms with van der Waals surface area (Å²) in [6, 6.07) is 21.5. The van der Waals surface area contributed by atoms with Gasteiger partial charge in [0, 0.05) is 22.7 Å². The number of hydrogen-bond donors (Lipinski definition) is 0. The fraction of sp³-hybridized carbons (Fsp3) is 0.280. The summed E-state index contributed by atoms with van der Waals surface area (Å²) < 4.78 is 0. The van der Waals surface area contributed by atoms with Crippen molar-refractivity contribution in [2.75, 3.05) is 0 Å². The van der Waals surface area contributed by atoms with Crippen molar-refractivity contribution in [3.05, 3.63) is 83.7 Å². The molecule has 4 aromatic rings. The van der Waals surface area contributed by atoms with Gasteiger partial charge >= 0.3 is 0 Å². The Morgan fingerprint density at radius 2 is 1.63 bits per heavy atom. The van der Waals surface area contributed by atoms with E-state index in [4.69, 9.17) is 4.98 Å². The SMILES string of the molecule is CC(Cc1ccc2cc(C(C)(C)C)ccc2n1)c1cnc2ccccc2c1. The third kappa shape index (κ3) is 3.71. The highest BCUT2D eigenvalue weighted by Crippen LogP contribution is 2.27. The number of hydrogen-bond acceptors (Lipinski definition) is 2. The quantitative estimate of drug-likeness (QED) is 0.424. The van der Waals surface area contributed by atoms with Gasteiger partial charge in [0.05, 0.1) is 11.0 Å². The van der Waals surface area contributed by atoms with Crippen molar-refractivity contribution in [2.45, 2.75) is 45.4 Å². The van der Waals surface area contributed by atoms with Gasteiger partial charge in [0.15, 0.2) is 0 Å². The van der Waals surface area contributed by atoms with Gasteiger partial charge in [0.1, 0.15) is 0 Å². The zero-order chi connectivity index (χ0) is 19.0. The molecule has 0 saturated heterocycles. The molecule has 0 radical (unpaired) electrons. The lowest BCUT2D eigenvalue weighted by Gasteiger charge is -2.19. The van der Waals surface area contributed by atoms with Crippen LogP contribution in [-0.2, 0) is 11.8 Å². The highest BCUT2D eigenvalue weighted by Gasteiger charge is 2.14. The molecule has 0 amide bonds. The topological polar surface area (TPSA) is 25.8 Å². The van der Waals surface area contributed by atoms with E-state index in [-0.39, 0.29) is 5.41 Å². The average Bonchev–Trinajstić information content (AvgIpc) is 2.66. The van der Waals surface area contributed by atoms with E-state index in [9.17, 15) is 0 Å². The lowest BCUT2D eigenvalue weighted by Crippen LogP contribution is -2.10. The Hall–Kier alpha value is -2.74. The molecule has 0 aliphatic carbocycles. The van der Waals surface area contributed by atoms with Gasteiger partial charge in [-0.2, -0.15) is 0 Å². The number of para-hydroxylation sites is 1. The van der Waals surface area contributed by atoms with Crippen molar-refractivity contribution in [3.8, 4) is 0 Å². The summed E-state index contributed by atoms with van der Waals surface area (Å²) in [6.07, 6.45) is 2.92. The maximum absolute atomic E-state index is 4.91. The second-order valence-electron chi connectivity index (χ2n) is 8.53. The maximum Gasteiger partial charge on any atom is 0.0705 e. The number of fused-ring (bicyclic) bond motifs is 2. The molecule has 2 aromatic carbocycles. The first-order chi connectivity index (χ1) is 12.9. The molecule has 136 valence electrons. The second-order valence-corrected chi connectivity index (χ2v) is 8.53. The van der Waals surface area contributed by atoms with Gasteiger partial charge in [-0.05, 0) is 59.2 Å². The number of pyridine rings is 2. The third-order valence-electron chi connectivity index (χ3n) is 5.31. The summed E-state index contributed by atoms with van der Waals surface area (Å²) in [7, 11) is 0. The summed E-state index contributed by atoms with van der Waals surface area (Å²) in [5.41, 5.74) is 6.02. The van der Waals surface area contributed by atoms with Crippen LogP contribution in [0.25, 0.3) is 21.8 Å². The molecular formula is C25H26N2. The van der Waals surface area contributed by atoms with Crippen LogP contribution in [0, 0.1) is 0 Å². The molecule has 2 heterocycles.